The molecule has 0 spiro atoms. The maximum absolute atomic E-state index is 11.1. The van der Waals surface area contributed by atoms with E-state index in [0.717, 1.165) is 17.9 Å². The highest BCUT2D eigenvalue weighted by atomic mass is 32.2. The second-order valence-electron chi connectivity index (χ2n) is 3.54. The van der Waals surface area contributed by atoms with Gasteiger partial charge in [-0.1, -0.05) is 13.0 Å². The number of hydrogen-bond acceptors (Lipinski definition) is 4. The van der Waals surface area contributed by atoms with E-state index in [2.05, 4.69) is 6.92 Å². The number of methoxy groups -OCH3 is 1. The molecule has 0 radical (unpaired) electrons. The van der Waals surface area contributed by atoms with Crippen molar-refractivity contribution in [2.45, 2.75) is 13.3 Å². The average Bonchev–Trinajstić information content (AvgIpc) is 2.38. The van der Waals surface area contributed by atoms with E-state index in [1.165, 1.54) is 13.2 Å². The van der Waals surface area contributed by atoms with E-state index in [1.54, 1.807) is 12.1 Å². The second-order valence-corrected chi connectivity index (χ2v) is 4.93. The van der Waals surface area contributed by atoms with Crippen molar-refractivity contribution in [1.29, 1.82) is 0 Å². The van der Waals surface area contributed by atoms with Gasteiger partial charge in [0.1, 0.15) is 5.56 Å². The number of rotatable bonds is 8. The fourth-order valence-corrected chi connectivity index (χ4v) is 2.08. The van der Waals surface area contributed by atoms with Gasteiger partial charge in [-0.15, -0.1) is 0 Å². The van der Waals surface area contributed by atoms with Crippen LogP contribution in [0.25, 0.3) is 0 Å². The number of carboxylic acids is 1. The molecule has 0 amide bonds. The molecule has 0 aliphatic heterocycles. The van der Waals surface area contributed by atoms with Crippen LogP contribution in [0, 0.1) is 0 Å². The Kier molecular flexibility index (Phi) is 6.43. The maximum atomic E-state index is 11.1. The van der Waals surface area contributed by atoms with Gasteiger partial charge in [-0.25, -0.2) is 4.79 Å². The van der Waals surface area contributed by atoms with Crippen LogP contribution < -0.4 is 9.47 Å². The monoisotopic (exact) mass is 270 g/mol. The van der Waals surface area contributed by atoms with Crippen molar-refractivity contribution in [3.05, 3.63) is 23.8 Å². The molecule has 0 aliphatic carbocycles. The van der Waals surface area contributed by atoms with Gasteiger partial charge in [0.2, 0.25) is 0 Å². The number of hydrogen-bond donors (Lipinski definition) is 1. The molecule has 0 unspecified atom stereocenters. The van der Waals surface area contributed by atoms with Crippen LogP contribution >= 0.6 is 11.8 Å². The lowest BCUT2D eigenvalue weighted by atomic mass is 10.2. The molecule has 0 saturated heterocycles. The van der Waals surface area contributed by atoms with Crippen molar-refractivity contribution in [2.75, 3.05) is 25.2 Å². The summed E-state index contributed by atoms with van der Waals surface area (Å²) in [6.07, 6.45) is 0.885. The Bertz CT molecular complexity index is 393. The first kappa shape index (κ1) is 14.7. The van der Waals surface area contributed by atoms with Crippen LogP contribution in [0.15, 0.2) is 18.2 Å². The molecule has 1 N–H and O–H groups in total. The molecule has 0 aromatic heterocycles. The van der Waals surface area contributed by atoms with E-state index in [4.69, 9.17) is 14.6 Å². The molecule has 0 saturated carbocycles. The van der Waals surface area contributed by atoms with Crippen LogP contribution in [-0.2, 0) is 0 Å². The quantitative estimate of drug-likeness (QED) is 0.736. The van der Waals surface area contributed by atoms with E-state index in [9.17, 15) is 4.79 Å². The zero-order valence-electron chi connectivity index (χ0n) is 10.6. The highest BCUT2D eigenvalue weighted by molar-refractivity contribution is 7.99. The van der Waals surface area contributed by atoms with Crippen LogP contribution in [0.1, 0.15) is 23.7 Å². The molecule has 0 aliphatic rings. The predicted octanol–water partition coefficient (Wildman–Crippen LogP) is 2.92. The first-order chi connectivity index (χ1) is 8.70. The summed E-state index contributed by atoms with van der Waals surface area (Å²) in [6.45, 7) is 2.60. The standard InChI is InChI=1S/C13H18O4S/c1-3-18-9-5-8-17-12-10(13(14)15)6-4-7-11(12)16-2/h4,6-7H,3,5,8-9H2,1-2H3,(H,14,15). The molecule has 1 aromatic rings. The van der Waals surface area contributed by atoms with Gasteiger partial charge in [-0.3, -0.25) is 0 Å². The molecular weight excluding hydrogens is 252 g/mol. The molecule has 1 aromatic carbocycles. The normalized spacial score (nSPS) is 10.1. The SMILES string of the molecule is CCSCCCOc1c(OC)cccc1C(=O)O. The lowest BCUT2D eigenvalue weighted by Gasteiger charge is -2.12. The van der Waals surface area contributed by atoms with Gasteiger partial charge < -0.3 is 14.6 Å². The van der Waals surface area contributed by atoms with Crippen molar-refractivity contribution in [1.82, 2.24) is 0 Å². The van der Waals surface area contributed by atoms with Crippen LogP contribution in [0.2, 0.25) is 0 Å². The number of benzene rings is 1. The summed E-state index contributed by atoms with van der Waals surface area (Å²) < 4.78 is 10.7. The van der Waals surface area contributed by atoms with Gasteiger partial charge in [0, 0.05) is 0 Å². The summed E-state index contributed by atoms with van der Waals surface area (Å²) in [5.41, 5.74) is 0.137. The Morgan fingerprint density at radius 2 is 2.22 bits per heavy atom. The minimum absolute atomic E-state index is 0.137. The van der Waals surface area contributed by atoms with Gasteiger partial charge in [0.15, 0.2) is 11.5 Å². The number of aromatic carboxylic acids is 1. The van der Waals surface area contributed by atoms with E-state index in [0.29, 0.717) is 18.1 Å². The molecule has 1 rings (SSSR count). The third-order valence-corrected chi connectivity index (χ3v) is 3.30. The zero-order valence-corrected chi connectivity index (χ0v) is 11.5. The third-order valence-electron chi connectivity index (χ3n) is 2.31. The van der Waals surface area contributed by atoms with Gasteiger partial charge >= 0.3 is 5.97 Å². The van der Waals surface area contributed by atoms with Crippen molar-refractivity contribution >= 4 is 17.7 Å². The molecule has 18 heavy (non-hydrogen) atoms. The molecule has 100 valence electrons. The van der Waals surface area contributed by atoms with Gasteiger partial charge in [0.25, 0.3) is 0 Å². The first-order valence-electron chi connectivity index (χ1n) is 5.81. The lowest BCUT2D eigenvalue weighted by molar-refractivity contribution is 0.0691. The Morgan fingerprint density at radius 1 is 1.44 bits per heavy atom. The minimum Gasteiger partial charge on any atom is -0.493 e. The first-order valence-corrected chi connectivity index (χ1v) is 6.97. The Morgan fingerprint density at radius 3 is 2.83 bits per heavy atom. The van der Waals surface area contributed by atoms with Gasteiger partial charge in [-0.05, 0) is 30.1 Å². The Balaban J connectivity index is 2.69. The summed E-state index contributed by atoms with van der Waals surface area (Å²) in [5.74, 6) is 1.85. The van der Waals surface area contributed by atoms with E-state index in [-0.39, 0.29) is 5.56 Å². The minimum atomic E-state index is -1.01. The third kappa shape index (κ3) is 4.14. The molecule has 0 bridgehead atoms. The summed E-state index contributed by atoms with van der Waals surface area (Å²) in [6, 6.07) is 4.85. The largest absolute Gasteiger partial charge is 0.493 e. The van der Waals surface area contributed by atoms with Crippen LogP contribution in [0.4, 0.5) is 0 Å². The van der Waals surface area contributed by atoms with Crippen molar-refractivity contribution in [3.63, 3.8) is 0 Å². The number of thioether (sulfide) groups is 1. The van der Waals surface area contributed by atoms with Crippen molar-refractivity contribution in [3.8, 4) is 11.5 Å². The second kappa shape index (κ2) is 7.87. The number of carboxylic acid groups (broad SMARTS) is 1. The molecule has 0 atom stereocenters. The van der Waals surface area contributed by atoms with E-state index in [1.807, 2.05) is 11.8 Å². The van der Waals surface area contributed by atoms with E-state index < -0.39 is 5.97 Å². The molecule has 0 fully saturated rings. The Hall–Kier alpha value is -1.36. The highest BCUT2D eigenvalue weighted by Crippen LogP contribution is 2.31. The van der Waals surface area contributed by atoms with Gasteiger partial charge in [0.05, 0.1) is 13.7 Å². The lowest BCUT2D eigenvalue weighted by Crippen LogP contribution is -2.06. The summed E-state index contributed by atoms with van der Waals surface area (Å²) in [7, 11) is 1.50. The number of carbonyl (C=O) groups is 1. The molecule has 0 heterocycles. The summed E-state index contributed by atoms with van der Waals surface area (Å²) in [5, 5.41) is 9.09. The molecule has 4 nitrogen and oxygen atoms in total. The van der Waals surface area contributed by atoms with Crippen molar-refractivity contribution in [2.24, 2.45) is 0 Å². The number of para-hydroxylation sites is 1. The number of ether oxygens (including phenoxy) is 2. The fraction of sp³-hybridized carbons (Fsp3) is 0.462. The predicted molar refractivity (Wildman–Crippen MR) is 73.1 cm³/mol. The average molecular weight is 270 g/mol. The molecule has 5 heteroatoms. The topological polar surface area (TPSA) is 55.8 Å². The smallest absolute Gasteiger partial charge is 0.339 e. The molecular formula is C13H18O4S. The Labute approximate surface area is 111 Å². The fourth-order valence-electron chi connectivity index (χ4n) is 1.47. The zero-order chi connectivity index (χ0) is 13.4. The van der Waals surface area contributed by atoms with Crippen LogP contribution in [0.5, 0.6) is 11.5 Å². The van der Waals surface area contributed by atoms with Gasteiger partial charge in [-0.2, -0.15) is 11.8 Å². The van der Waals surface area contributed by atoms with E-state index >= 15 is 0 Å². The maximum Gasteiger partial charge on any atom is 0.339 e. The summed E-state index contributed by atoms with van der Waals surface area (Å²) >= 11 is 1.84. The van der Waals surface area contributed by atoms with Crippen LogP contribution in [-0.4, -0.2) is 36.3 Å². The highest BCUT2D eigenvalue weighted by Gasteiger charge is 2.15. The van der Waals surface area contributed by atoms with Crippen molar-refractivity contribution < 1.29 is 19.4 Å². The van der Waals surface area contributed by atoms with Crippen LogP contribution in [0.3, 0.4) is 0 Å². The summed E-state index contributed by atoms with van der Waals surface area (Å²) in [4.78, 5) is 11.1.